The van der Waals surface area contributed by atoms with Crippen molar-refractivity contribution in [2.75, 3.05) is 11.9 Å². The van der Waals surface area contributed by atoms with Crippen LogP contribution in [0, 0.1) is 17.2 Å². The third kappa shape index (κ3) is 2.11. The van der Waals surface area contributed by atoms with Crippen molar-refractivity contribution in [2.24, 2.45) is 5.92 Å². The molecule has 0 saturated carbocycles. The van der Waals surface area contributed by atoms with E-state index in [0.717, 1.165) is 24.9 Å². The Morgan fingerprint density at radius 1 is 1.37 bits per heavy atom. The van der Waals surface area contributed by atoms with E-state index in [4.69, 9.17) is 10.00 Å². The van der Waals surface area contributed by atoms with Gasteiger partial charge < -0.3 is 9.64 Å². The number of fused-ring (bicyclic) bond motifs is 2. The number of anilines is 1. The molecule has 3 atom stereocenters. The minimum absolute atomic E-state index is 0.000562. The molecule has 2 fully saturated rings. The van der Waals surface area contributed by atoms with Gasteiger partial charge in [0.05, 0.1) is 29.8 Å². The van der Waals surface area contributed by atoms with Gasteiger partial charge in [-0.15, -0.1) is 0 Å². The summed E-state index contributed by atoms with van der Waals surface area (Å²) in [5, 5.41) is 8.77. The van der Waals surface area contributed by atoms with Gasteiger partial charge in [0.1, 0.15) is 0 Å². The Morgan fingerprint density at radius 2 is 2.11 bits per heavy atom. The Kier molecular flexibility index (Phi) is 3.00. The number of hydrogen-bond donors (Lipinski definition) is 0. The predicted molar refractivity (Wildman–Crippen MR) is 70.6 cm³/mol. The van der Waals surface area contributed by atoms with Gasteiger partial charge in [-0.05, 0) is 43.5 Å². The van der Waals surface area contributed by atoms with Gasteiger partial charge in [0.25, 0.3) is 0 Å². The Hall–Kier alpha value is -1.86. The van der Waals surface area contributed by atoms with Crippen molar-refractivity contribution in [1.29, 1.82) is 5.26 Å². The molecule has 0 aromatic heterocycles. The molecule has 1 amide bonds. The summed E-state index contributed by atoms with van der Waals surface area (Å²) in [6.45, 7) is 0. The summed E-state index contributed by atoms with van der Waals surface area (Å²) in [4.78, 5) is 14.1. The molecule has 2 aliphatic rings. The number of carbonyl (C=O) groups excluding carboxylic acids is 1. The first-order chi connectivity index (χ1) is 9.19. The molecule has 1 aromatic carbocycles. The van der Waals surface area contributed by atoms with Crippen LogP contribution in [0.5, 0.6) is 0 Å². The lowest BCUT2D eigenvalue weighted by Crippen LogP contribution is -2.37. The topological polar surface area (TPSA) is 53.3 Å². The molecule has 2 saturated heterocycles. The van der Waals surface area contributed by atoms with Crippen LogP contribution in [-0.4, -0.2) is 25.2 Å². The zero-order valence-electron chi connectivity index (χ0n) is 10.9. The first-order valence-corrected chi connectivity index (χ1v) is 6.62. The largest absolute Gasteiger partial charge is 0.374 e. The molecular weight excluding hydrogens is 240 g/mol. The van der Waals surface area contributed by atoms with Gasteiger partial charge in [0.2, 0.25) is 5.91 Å². The van der Waals surface area contributed by atoms with E-state index < -0.39 is 0 Å². The van der Waals surface area contributed by atoms with Gasteiger partial charge in [-0.3, -0.25) is 4.79 Å². The van der Waals surface area contributed by atoms with Crippen molar-refractivity contribution in [3.05, 3.63) is 29.8 Å². The highest BCUT2D eigenvalue weighted by Gasteiger charge is 2.45. The number of carbonyl (C=O) groups is 1. The molecule has 19 heavy (non-hydrogen) atoms. The van der Waals surface area contributed by atoms with Crippen molar-refractivity contribution >= 4 is 11.6 Å². The number of benzene rings is 1. The summed E-state index contributed by atoms with van der Waals surface area (Å²) in [6.07, 6.45) is 3.34. The maximum absolute atomic E-state index is 12.5. The van der Waals surface area contributed by atoms with Crippen molar-refractivity contribution in [3.8, 4) is 6.07 Å². The molecule has 2 heterocycles. The number of nitrogens with zero attached hydrogens (tertiary/aromatic N) is 2. The van der Waals surface area contributed by atoms with E-state index in [9.17, 15) is 4.79 Å². The molecule has 3 rings (SSSR count). The molecule has 2 bridgehead atoms. The summed E-state index contributed by atoms with van der Waals surface area (Å²) in [5.41, 5.74) is 1.43. The molecule has 0 aliphatic carbocycles. The first kappa shape index (κ1) is 12.2. The Bertz CT molecular complexity index is 532. The van der Waals surface area contributed by atoms with Gasteiger partial charge >= 0.3 is 0 Å². The van der Waals surface area contributed by atoms with E-state index in [2.05, 4.69) is 6.07 Å². The van der Waals surface area contributed by atoms with Crippen LogP contribution in [0.2, 0.25) is 0 Å². The Balaban J connectivity index is 1.74. The summed E-state index contributed by atoms with van der Waals surface area (Å²) < 4.78 is 5.74. The van der Waals surface area contributed by atoms with Crippen LogP contribution in [0.25, 0.3) is 0 Å². The van der Waals surface area contributed by atoms with Gasteiger partial charge in [0, 0.05) is 12.7 Å². The van der Waals surface area contributed by atoms with E-state index in [-0.39, 0.29) is 24.0 Å². The average Bonchev–Trinajstić information content (AvgIpc) is 3.08. The van der Waals surface area contributed by atoms with Gasteiger partial charge in [-0.25, -0.2) is 0 Å². The summed E-state index contributed by atoms with van der Waals surface area (Å²) in [6, 6.07) is 9.16. The Morgan fingerprint density at radius 3 is 2.63 bits per heavy atom. The Labute approximate surface area is 112 Å². The molecule has 4 nitrogen and oxygen atoms in total. The maximum atomic E-state index is 12.5. The molecule has 0 spiro atoms. The van der Waals surface area contributed by atoms with E-state index in [0.29, 0.717) is 5.56 Å². The second-order valence-electron chi connectivity index (χ2n) is 5.27. The molecule has 0 N–H and O–H groups in total. The standard InChI is InChI=1S/C15H16N2O2/c1-17(11-4-2-10(9-16)3-5-11)15(18)13-8-12-6-7-14(13)19-12/h2-5,12-14H,6-8H2,1H3. The number of rotatable bonds is 2. The minimum Gasteiger partial charge on any atom is -0.374 e. The molecular formula is C15H16N2O2. The smallest absolute Gasteiger partial charge is 0.232 e. The highest BCUT2D eigenvalue weighted by Crippen LogP contribution is 2.39. The van der Waals surface area contributed by atoms with Crippen LogP contribution >= 0.6 is 0 Å². The normalized spacial score (nSPS) is 28.1. The van der Waals surface area contributed by atoms with Gasteiger partial charge in [-0.1, -0.05) is 0 Å². The molecule has 3 unspecified atom stereocenters. The predicted octanol–water partition coefficient (Wildman–Crippen LogP) is 2.09. The lowest BCUT2D eigenvalue weighted by atomic mass is 9.88. The van der Waals surface area contributed by atoms with E-state index in [1.165, 1.54) is 0 Å². The SMILES string of the molecule is CN(C(=O)C1CC2CCC1O2)c1ccc(C#N)cc1. The van der Waals surface area contributed by atoms with Crippen LogP contribution in [-0.2, 0) is 9.53 Å². The highest BCUT2D eigenvalue weighted by molar-refractivity contribution is 5.95. The van der Waals surface area contributed by atoms with Gasteiger partial charge in [0.15, 0.2) is 0 Å². The highest BCUT2D eigenvalue weighted by atomic mass is 16.5. The van der Waals surface area contributed by atoms with Crippen molar-refractivity contribution in [2.45, 2.75) is 31.5 Å². The lowest BCUT2D eigenvalue weighted by molar-refractivity contribution is -0.123. The second-order valence-corrected chi connectivity index (χ2v) is 5.27. The number of ether oxygens (including phenoxy) is 1. The van der Waals surface area contributed by atoms with Crippen LogP contribution in [0.15, 0.2) is 24.3 Å². The molecule has 98 valence electrons. The van der Waals surface area contributed by atoms with Crippen LogP contribution < -0.4 is 4.90 Å². The zero-order chi connectivity index (χ0) is 13.4. The van der Waals surface area contributed by atoms with E-state index in [1.54, 1.807) is 24.1 Å². The third-order valence-electron chi connectivity index (χ3n) is 4.14. The fourth-order valence-electron chi connectivity index (χ4n) is 3.03. The number of hydrogen-bond acceptors (Lipinski definition) is 3. The maximum Gasteiger partial charge on any atom is 0.232 e. The summed E-state index contributed by atoms with van der Waals surface area (Å²) >= 11 is 0. The van der Waals surface area contributed by atoms with Crippen LogP contribution in [0.4, 0.5) is 5.69 Å². The van der Waals surface area contributed by atoms with E-state index >= 15 is 0 Å². The molecule has 2 aliphatic heterocycles. The first-order valence-electron chi connectivity index (χ1n) is 6.62. The van der Waals surface area contributed by atoms with Gasteiger partial charge in [-0.2, -0.15) is 5.26 Å². The molecule has 1 aromatic rings. The fourth-order valence-corrected chi connectivity index (χ4v) is 3.03. The van der Waals surface area contributed by atoms with Crippen LogP contribution in [0.3, 0.4) is 0 Å². The minimum atomic E-state index is -0.000562. The second kappa shape index (κ2) is 4.67. The number of amides is 1. The zero-order valence-corrected chi connectivity index (χ0v) is 10.9. The lowest BCUT2D eigenvalue weighted by Gasteiger charge is -2.24. The fraction of sp³-hybridized carbons (Fsp3) is 0.467. The van der Waals surface area contributed by atoms with Crippen molar-refractivity contribution < 1.29 is 9.53 Å². The van der Waals surface area contributed by atoms with Crippen LogP contribution in [0.1, 0.15) is 24.8 Å². The number of nitriles is 1. The summed E-state index contributed by atoms with van der Waals surface area (Å²) in [5.74, 6) is 0.122. The molecule has 0 radical (unpaired) electrons. The van der Waals surface area contributed by atoms with Crippen molar-refractivity contribution in [1.82, 2.24) is 0 Å². The third-order valence-corrected chi connectivity index (χ3v) is 4.14. The summed E-state index contributed by atoms with van der Waals surface area (Å²) in [7, 11) is 1.79. The average molecular weight is 256 g/mol. The molecule has 4 heteroatoms. The van der Waals surface area contributed by atoms with E-state index in [1.807, 2.05) is 12.1 Å². The monoisotopic (exact) mass is 256 g/mol. The van der Waals surface area contributed by atoms with Crippen molar-refractivity contribution in [3.63, 3.8) is 0 Å². The quantitative estimate of drug-likeness (QED) is 0.814.